The molecular formula is C24H16N2O5. The quantitative estimate of drug-likeness (QED) is 0.473. The van der Waals surface area contributed by atoms with Gasteiger partial charge in [-0.3, -0.25) is 9.59 Å². The molecule has 0 saturated heterocycles. The Balaban J connectivity index is 1.57. The fourth-order valence-electron chi connectivity index (χ4n) is 3.65. The number of anilines is 1. The zero-order valence-corrected chi connectivity index (χ0v) is 16.7. The van der Waals surface area contributed by atoms with Crippen LogP contribution in [0.4, 0.5) is 5.69 Å². The molecule has 0 saturated carbocycles. The number of imide groups is 1. The van der Waals surface area contributed by atoms with Crippen LogP contribution in [0.5, 0.6) is 5.75 Å². The Kier molecular flexibility index (Phi) is 4.18. The van der Waals surface area contributed by atoms with Gasteiger partial charge in [0.1, 0.15) is 5.75 Å². The van der Waals surface area contributed by atoms with Crippen molar-refractivity contribution < 1.29 is 18.7 Å². The van der Waals surface area contributed by atoms with Gasteiger partial charge in [0.15, 0.2) is 0 Å². The van der Waals surface area contributed by atoms with E-state index in [1.165, 1.54) is 6.07 Å². The minimum Gasteiger partial charge on any atom is -0.497 e. The maximum Gasteiger partial charge on any atom is 0.347 e. The topological polar surface area (TPSA) is 89.7 Å². The van der Waals surface area contributed by atoms with Gasteiger partial charge >= 0.3 is 5.63 Å². The van der Waals surface area contributed by atoms with E-state index in [0.29, 0.717) is 27.9 Å². The van der Waals surface area contributed by atoms with Crippen molar-refractivity contribution in [2.45, 2.75) is 6.92 Å². The van der Waals surface area contributed by atoms with E-state index in [9.17, 15) is 14.4 Å². The van der Waals surface area contributed by atoms with Crippen molar-refractivity contribution in [2.75, 3.05) is 12.0 Å². The van der Waals surface area contributed by atoms with Gasteiger partial charge in [0.25, 0.3) is 11.8 Å². The number of hydrogen-bond donors (Lipinski definition) is 0. The maximum atomic E-state index is 13.0. The number of carbonyl (C=O) groups excluding carboxylic acids is 2. The molecular weight excluding hydrogens is 396 g/mol. The lowest BCUT2D eigenvalue weighted by molar-refractivity contribution is 0.0926. The van der Waals surface area contributed by atoms with E-state index in [2.05, 4.69) is 4.98 Å². The molecule has 7 nitrogen and oxygen atoms in total. The molecule has 0 unspecified atom stereocenters. The molecule has 1 aliphatic rings. The Morgan fingerprint density at radius 1 is 0.871 bits per heavy atom. The molecule has 1 aliphatic heterocycles. The standard InChI is InChI=1S/C24H16N2O5/c1-13-3-10-20-19(11-13)24(29)31-21(25-20)14-4-9-17-18(12-14)23(28)26(22(17)27)15-5-7-16(30-2)8-6-15/h3-12H,1-2H3. The summed E-state index contributed by atoms with van der Waals surface area (Å²) in [6, 6.07) is 16.7. The van der Waals surface area contributed by atoms with Gasteiger partial charge < -0.3 is 9.15 Å². The number of nitrogens with zero attached hydrogens (tertiary/aromatic N) is 2. The molecule has 152 valence electrons. The summed E-state index contributed by atoms with van der Waals surface area (Å²) in [5.74, 6) is -0.159. The number of ether oxygens (including phenoxy) is 1. The van der Waals surface area contributed by atoms with E-state index in [0.717, 1.165) is 10.5 Å². The van der Waals surface area contributed by atoms with Crippen LogP contribution in [0.15, 0.2) is 69.9 Å². The van der Waals surface area contributed by atoms with E-state index in [4.69, 9.17) is 9.15 Å². The third-order valence-corrected chi connectivity index (χ3v) is 5.25. The maximum absolute atomic E-state index is 13.0. The van der Waals surface area contributed by atoms with Gasteiger partial charge in [0.05, 0.1) is 34.8 Å². The zero-order valence-electron chi connectivity index (χ0n) is 16.7. The van der Waals surface area contributed by atoms with Crippen LogP contribution in [0.2, 0.25) is 0 Å². The summed E-state index contributed by atoms with van der Waals surface area (Å²) < 4.78 is 10.5. The second-order valence-corrected chi connectivity index (χ2v) is 7.23. The highest BCUT2D eigenvalue weighted by atomic mass is 16.5. The summed E-state index contributed by atoms with van der Waals surface area (Å²) in [7, 11) is 1.54. The molecule has 2 amide bonds. The SMILES string of the molecule is COc1ccc(N2C(=O)c3ccc(-c4nc5ccc(C)cc5c(=O)o4)cc3C2=O)cc1. The van der Waals surface area contributed by atoms with Crippen molar-refractivity contribution in [2.24, 2.45) is 0 Å². The summed E-state index contributed by atoms with van der Waals surface area (Å²) in [5.41, 5.74) is 2.31. The summed E-state index contributed by atoms with van der Waals surface area (Å²) >= 11 is 0. The Morgan fingerprint density at radius 3 is 2.35 bits per heavy atom. The van der Waals surface area contributed by atoms with Gasteiger partial charge in [-0.15, -0.1) is 0 Å². The Bertz CT molecular complexity index is 1440. The van der Waals surface area contributed by atoms with Crippen molar-refractivity contribution in [3.8, 4) is 17.2 Å². The number of aryl methyl sites for hydroxylation is 1. The van der Waals surface area contributed by atoms with Crippen LogP contribution in [0.3, 0.4) is 0 Å². The molecule has 5 rings (SSSR count). The van der Waals surface area contributed by atoms with Crippen molar-refractivity contribution in [3.05, 3.63) is 87.8 Å². The summed E-state index contributed by atoms with van der Waals surface area (Å²) in [5, 5.41) is 0.391. The lowest BCUT2D eigenvalue weighted by Crippen LogP contribution is -2.29. The largest absolute Gasteiger partial charge is 0.497 e. The molecule has 3 aromatic carbocycles. The number of amides is 2. The van der Waals surface area contributed by atoms with E-state index in [1.807, 2.05) is 13.0 Å². The smallest absolute Gasteiger partial charge is 0.347 e. The number of methoxy groups -OCH3 is 1. The van der Waals surface area contributed by atoms with Gasteiger partial charge in [-0.2, -0.15) is 0 Å². The minimum absolute atomic E-state index is 0.0901. The molecule has 0 bridgehead atoms. The molecule has 31 heavy (non-hydrogen) atoms. The molecule has 7 heteroatoms. The first-order chi connectivity index (χ1) is 15.0. The summed E-state index contributed by atoms with van der Waals surface area (Å²) in [6.45, 7) is 1.88. The van der Waals surface area contributed by atoms with Crippen LogP contribution in [-0.4, -0.2) is 23.9 Å². The molecule has 4 aromatic rings. The number of benzene rings is 3. The number of aromatic nitrogens is 1. The van der Waals surface area contributed by atoms with E-state index < -0.39 is 17.4 Å². The monoisotopic (exact) mass is 412 g/mol. The predicted octanol–water partition coefficient (Wildman–Crippen LogP) is 3.97. The highest BCUT2D eigenvalue weighted by Crippen LogP contribution is 2.32. The fourth-order valence-corrected chi connectivity index (χ4v) is 3.65. The fraction of sp³-hybridized carbons (Fsp3) is 0.0833. The average molecular weight is 412 g/mol. The van der Waals surface area contributed by atoms with Gasteiger partial charge in [0, 0.05) is 5.56 Å². The number of fused-ring (bicyclic) bond motifs is 2. The van der Waals surface area contributed by atoms with Crippen LogP contribution >= 0.6 is 0 Å². The lowest BCUT2D eigenvalue weighted by atomic mass is 10.1. The highest BCUT2D eigenvalue weighted by molar-refractivity contribution is 6.34. The van der Waals surface area contributed by atoms with Crippen LogP contribution in [0.1, 0.15) is 26.3 Å². The van der Waals surface area contributed by atoms with Crippen molar-refractivity contribution in [1.82, 2.24) is 4.98 Å². The van der Waals surface area contributed by atoms with Crippen LogP contribution in [-0.2, 0) is 0 Å². The number of rotatable bonds is 3. The Hall–Kier alpha value is -4.26. The minimum atomic E-state index is -0.508. The normalized spacial score (nSPS) is 13.0. The van der Waals surface area contributed by atoms with E-state index >= 15 is 0 Å². The van der Waals surface area contributed by atoms with Crippen LogP contribution in [0.25, 0.3) is 22.4 Å². The van der Waals surface area contributed by atoms with Gasteiger partial charge in [-0.05, 0) is 61.5 Å². The first kappa shape index (κ1) is 18.7. The first-order valence-electron chi connectivity index (χ1n) is 9.55. The molecule has 0 aliphatic carbocycles. The van der Waals surface area contributed by atoms with Gasteiger partial charge in [-0.25, -0.2) is 14.7 Å². The molecule has 1 aromatic heterocycles. The molecule has 0 spiro atoms. The molecule has 0 radical (unpaired) electrons. The summed E-state index contributed by atoms with van der Waals surface area (Å²) in [4.78, 5) is 43.8. The van der Waals surface area contributed by atoms with Gasteiger partial charge in [-0.1, -0.05) is 11.6 Å². The highest BCUT2D eigenvalue weighted by Gasteiger charge is 2.37. The molecule has 0 fully saturated rings. The zero-order chi connectivity index (χ0) is 21.7. The lowest BCUT2D eigenvalue weighted by Gasteiger charge is -2.14. The third-order valence-electron chi connectivity index (χ3n) is 5.25. The number of hydrogen-bond acceptors (Lipinski definition) is 6. The second-order valence-electron chi connectivity index (χ2n) is 7.23. The Morgan fingerprint density at radius 2 is 1.61 bits per heavy atom. The average Bonchev–Trinajstić information content (AvgIpc) is 3.03. The van der Waals surface area contributed by atoms with Crippen molar-refractivity contribution >= 4 is 28.4 Å². The predicted molar refractivity (Wildman–Crippen MR) is 115 cm³/mol. The number of carbonyl (C=O) groups is 2. The van der Waals surface area contributed by atoms with Crippen LogP contribution in [0, 0.1) is 6.92 Å². The van der Waals surface area contributed by atoms with Crippen LogP contribution < -0.4 is 15.3 Å². The molecule has 0 atom stereocenters. The third kappa shape index (κ3) is 2.98. The van der Waals surface area contributed by atoms with E-state index in [1.54, 1.807) is 55.6 Å². The Labute approximate surface area is 176 Å². The van der Waals surface area contributed by atoms with Crippen molar-refractivity contribution in [1.29, 1.82) is 0 Å². The second kappa shape index (κ2) is 6.91. The van der Waals surface area contributed by atoms with E-state index in [-0.39, 0.29) is 17.0 Å². The molecule has 0 N–H and O–H groups in total. The molecule has 2 heterocycles. The summed E-state index contributed by atoms with van der Waals surface area (Å²) in [6.07, 6.45) is 0. The first-order valence-corrected chi connectivity index (χ1v) is 9.55. The van der Waals surface area contributed by atoms with Crippen molar-refractivity contribution in [3.63, 3.8) is 0 Å². The van der Waals surface area contributed by atoms with Gasteiger partial charge in [0.2, 0.25) is 5.89 Å².